The van der Waals surface area contributed by atoms with Crippen LogP contribution in [-0.4, -0.2) is 43.5 Å². The number of carboxylic acid groups (broad SMARTS) is 1. The van der Waals surface area contributed by atoms with Crippen LogP contribution in [0.3, 0.4) is 0 Å². The summed E-state index contributed by atoms with van der Waals surface area (Å²) in [7, 11) is -3.69. The second-order valence-electron chi connectivity index (χ2n) is 6.14. The molecular weight excluding hydrogens is 360 g/mol. The molecular formula is C17H20N2O4S2. The summed E-state index contributed by atoms with van der Waals surface area (Å²) in [6.07, 6.45) is 1.70. The van der Waals surface area contributed by atoms with Crippen LogP contribution in [0.15, 0.2) is 46.0 Å². The minimum Gasteiger partial charge on any atom is -0.478 e. The van der Waals surface area contributed by atoms with Gasteiger partial charge in [-0.2, -0.15) is 0 Å². The van der Waals surface area contributed by atoms with Crippen LogP contribution in [0.2, 0.25) is 0 Å². The van der Waals surface area contributed by atoms with Crippen LogP contribution >= 0.6 is 11.3 Å². The van der Waals surface area contributed by atoms with Crippen LogP contribution in [0, 0.1) is 0 Å². The summed E-state index contributed by atoms with van der Waals surface area (Å²) in [4.78, 5) is 13.2. The predicted molar refractivity (Wildman–Crippen MR) is 96.3 cm³/mol. The van der Waals surface area contributed by atoms with Crippen LogP contribution < -0.4 is 4.72 Å². The lowest BCUT2D eigenvalue weighted by atomic mass is 10.1. The predicted octanol–water partition coefficient (Wildman–Crippen LogP) is 2.39. The first-order valence-electron chi connectivity index (χ1n) is 8.04. The van der Waals surface area contributed by atoms with E-state index in [0.717, 1.165) is 37.3 Å². The van der Waals surface area contributed by atoms with E-state index in [1.165, 1.54) is 17.0 Å². The van der Waals surface area contributed by atoms with Crippen LogP contribution in [-0.2, 0) is 16.6 Å². The maximum absolute atomic E-state index is 12.5. The van der Waals surface area contributed by atoms with E-state index in [-0.39, 0.29) is 15.8 Å². The highest BCUT2D eigenvalue weighted by Gasteiger charge is 2.26. The Kier molecular flexibility index (Phi) is 5.53. The van der Waals surface area contributed by atoms with Crippen molar-refractivity contribution in [1.82, 2.24) is 9.62 Å². The van der Waals surface area contributed by atoms with Crippen molar-refractivity contribution >= 4 is 27.3 Å². The molecule has 0 amide bonds. The van der Waals surface area contributed by atoms with Crippen LogP contribution in [0.25, 0.3) is 0 Å². The number of carbonyl (C=O) groups is 1. The normalized spacial score (nSPS) is 19.0. The summed E-state index contributed by atoms with van der Waals surface area (Å²) in [6.45, 7) is 2.38. The van der Waals surface area contributed by atoms with E-state index in [1.807, 2.05) is 18.2 Å². The van der Waals surface area contributed by atoms with Gasteiger partial charge >= 0.3 is 5.97 Å². The summed E-state index contributed by atoms with van der Waals surface area (Å²) in [5.41, 5.74) is 1.20. The average molecular weight is 380 g/mol. The molecule has 1 atom stereocenters. The highest BCUT2D eigenvalue weighted by molar-refractivity contribution is 7.91. The third-order valence-electron chi connectivity index (χ3n) is 4.16. The molecule has 1 aliphatic heterocycles. The van der Waals surface area contributed by atoms with Gasteiger partial charge in [0.25, 0.3) is 0 Å². The Bertz CT molecular complexity index is 833. The molecule has 134 valence electrons. The molecule has 0 unspecified atom stereocenters. The van der Waals surface area contributed by atoms with Crippen LogP contribution in [0.5, 0.6) is 0 Å². The number of benzene rings is 1. The van der Waals surface area contributed by atoms with Gasteiger partial charge in [-0.15, -0.1) is 11.3 Å². The fraction of sp³-hybridized carbons (Fsp3) is 0.353. The number of likely N-dealkylation sites (tertiary alicyclic amines) is 1. The third kappa shape index (κ3) is 4.66. The summed E-state index contributed by atoms with van der Waals surface area (Å²) in [5, 5.41) is 10.3. The number of hydrogen-bond acceptors (Lipinski definition) is 5. The fourth-order valence-corrected chi connectivity index (χ4v) is 5.42. The van der Waals surface area contributed by atoms with Gasteiger partial charge in [-0.25, -0.2) is 17.9 Å². The van der Waals surface area contributed by atoms with Crippen molar-refractivity contribution in [3.05, 3.63) is 52.9 Å². The Hall–Kier alpha value is -1.74. The largest absolute Gasteiger partial charge is 0.478 e. The summed E-state index contributed by atoms with van der Waals surface area (Å²) < 4.78 is 27.8. The smallest absolute Gasteiger partial charge is 0.336 e. The number of nitrogens with one attached hydrogen (secondary N) is 1. The molecule has 2 aromatic rings. The van der Waals surface area contributed by atoms with Crippen molar-refractivity contribution in [2.45, 2.75) is 29.6 Å². The van der Waals surface area contributed by atoms with Crippen molar-refractivity contribution in [3.8, 4) is 0 Å². The molecule has 3 rings (SSSR count). The Labute approximate surface area is 151 Å². The molecule has 1 saturated heterocycles. The number of thiophene rings is 1. The van der Waals surface area contributed by atoms with Crippen molar-refractivity contribution in [1.29, 1.82) is 0 Å². The number of carboxylic acids is 1. The number of hydrogen-bond donors (Lipinski definition) is 2. The topological polar surface area (TPSA) is 86.7 Å². The number of sulfonamides is 1. The van der Waals surface area contributed by atoms with E-state index < -0.39 is 16.0 Å². The minimum absolute atomic E-state index is 0.000256. The Morgan fingerprint density at radius 3 is 2.76 bits per heavy atom. The highest BCUT2D eigenvalue weighted by atomic mass is 32.2. The second kappa shape index (κ2) is 7.65. The average Bonchev–Trinajstić information content (AvgIpc) is 3.07. The first kappa shape index (κ1) is 18.1. The number of nitrogens with zero attached hydrogens (tertiary/aromatic N) is 1. The van der Waals surface area contributed by atoms with Crippen molar-refractivity contribution in [2.75, 3.05) is 13.1 Å². The number of aromatic carboxylic acids is 1. The summed E-state index contributed by atoms with van der Waals surface area (Å²) in [6, 6.07) is 11.1. The van der Waals surface area contributed by atoms with Gasteiger partial charge in [0, 0.05) is 24.5 Å². The van der Waals surface area contributed by atoms with E-state index >= 15 is 0 Å². The van der Waals surface area contributed by atoms with Crippen LogP contribution in [0.1, 0.15) is 28.8 Å². The van der Waals surface area contributed by atoms with E-state index in [0.29, 0.717) is 6.54 Å². The van der Waals surface area contributed by atoms with Gasteiger partial charge < -0.3 is 5.11 Å². The molecule has 1 fully saturated rings. The molecule has 1 aliphatic rings. The minimum atomic E-state index is -3.69. The Morgan fingerprint density at radius 2 is 2.08 bits per heavy atom. The zero-order chi connectivity index (χ0) is 17.9. The van der Waals surface area contributed by atoms with E-state index in [4.69, 9.17) is 5.11 Å². The molecule has 25 heavy (non-hydrogen) atoms. The van der Waals surface area contributed by atoms with Crippen LogP contribution in [0.4, 0.5) is 0 Å². The monoisotopic (exact) mass is 380 g/mol. The molecule has 0 radical (unpaired) electrons. The highest BCUT2D eigenvalue weighted by Crippen LogP contribution is 2.22. The van der Waals surface area contributed by atoms with Gasteiger partial charge in [0.05, 0.1) is 5.56 Å². The standard InChI is InChI=1S/C17H20N2O4S2/c20-17(21)14-9-16(24-12-14)25(22,23)18-15-7-4-8-19(11-15)10-13-5-2-1-3-6-13/h1-3,5-6,9,12,15,18H,4,7-8,10-11H2,(H,20,21)/t15-/m1/s1. The van der Waals surface area contributed by atoms with Gasteiger partial charge in [-0.1, -0.05) is 30.3 Å². The molecule has 2 heterocycles. The fourth-order valence-electron chi connectivity index (χ4n) is 2.98. The molecule has 0 aliphatic carbocycles. The van der Waals surface area contributed by atoms with Crippen molar-refractivity contribution in [2.24, 2.45) is 0 Å². The van der Waals surface area contributed by atoms with E-state index in [9.17, 15) is 13.2 Å². The SMILES string of the molecule is O=C(O)c1csc(S(=O)(=O)N[C@@H]2CCCN(Cc3ccccc3)C2)c1. The maximum atomic E-state index is 12.5. The van der Waals surface area contributed by atoms with E-state index in [1.54, 1.807) is 0 Å². The van der Waals surface area contributed by atoms with Gasteiger partial charge in [0.1, 0.15) is 4.21 Å². The first-order valence-corrected chi connectivity index (χ1v) is 10.4. The van der Waals surface area contributed by atoms with Crippen molar-refractivity contribution in [3.63, 3.8) is 0 Å². The molecule has 0 bridgehead atoms. The zero-order valence-electron chi connectivity index (χ0n) is 13.6. The zero-order valence-corrected chi connectivity index (χ0v) is 15.2. The van der Waals surface area contributed by atoms with E-state index in [2.05, 4.69) is 21.8 Å². The quantitative estimate of drug-likeness (QED) is 0.804. The molecule has 0 spiro atoms. The summed E-state index contributed by atoms with van der Waals surface area (Å²) in [5.74, 6) is -1.12. The van der Waals surface area contributed by atoms with Gasteiger partial charge in [-0.05, 0) is 31.0 Å². The van der Waals surface area contributed by atoms with Crippen molar-refractivity contribution < 1.29 is 18.3 Å². The first-order chi connectivity index (χ1) is 11.9. The second-order valence-corrected chi connectivity index (χ2v) is 8.99. The maximum Gasteiger partial charge on any atom is 0.336 e. The molecule has 1 aromatic carbocycles. The molecule has 1 aromatic heterocycles. The number of rotatable bonds is 6. The van der Waals surface area contributed by atoms with Gasteiger partial charge in [0.2, 0.25) is 10.0 Å². The molecule has 2 N–H and O–H groups in total. The molecule has 6 nitrogen and oxygen atoms in total. The lowest BCUT2D eigenvalue weighted by Gasteiger charge is -2.32. The third-order valence-corrected chi connectivity index (χ3v) is 7.12. The summed E-state index contributed by atoms with van der Waals surface area (Å²) >= 11 is 0.932. The lowest BCUT2D eigenvalue weighted by molar-refractivity contribution is 0.0697. The van der Waals surface area contributed by atoms with Gasteiger partial charge in [0.15, 0.2) is 0 Å². The Morgan fingerprint density at radius 1 is 1.32 bits per heavy atom. The van der Waals surface area contributed by atoms with Gasteiger partial charge in [-0.3, -0.25) is 4.90 Å². The molecule has 0 saturated carbocycles. The Balaban J connectivity index is 1.64. The molecule has 8 heteroatoms. The number of piperidine rings is 1. The lowest BCUT2D eigenvalue weighted by Crippen LogP contribution is -2.47.